The van der Waals surface area contributed by atoms with Crippen molar-refractivity contribution in [1.29, 1.82) is 5.41 Å². The molecule has 2 aliphatic rings. The van der Waals surface area contributed by atoms with E-state index in [2.05, 4.69) is 4.98 Å². The van der Waals surface area contributed by atoms with Gasteiger partial charge >= 0.3 is 6.01 Å². The molecule has 0 spiro atoms. The molecule has 0 amide bonds. The lowest BCUT2D eigenvalue weighted by atomic mass is 10.1. The van der Waals surface area contributed by atoms with Crippen LogP contribution in [-0.2, 0) is 4.74 Å². The average molecular weight is 225 g/mol. The minimum Gasteiger partial charge on any atom is -0.454 e. The summed E-state index contributed by atoms with van der Waals surface area (Å²) in [5.41, 5.74) is 0.0967. The molecule has 86 valence electrons. The highest BCUT2D eigenvalue weighted by Gasteiger charge is 2.50. The predicted octanol–water partition coefficient (Wildman–Crippen LogP) is -1.63. The van der Waals surface area contributed by atoms with Crippen molar-refractivity contribution >= 4 is 0 Å². The van der Waals surface area contributed by atoms with Gasteiger partial charge in [0.05, 0.1) is 6.61 Å². The lowest BCUT2D eigenvalue weighted by molar-refractivity contribution is -0.0434. The first-order chi connectivity index (χ1) is 7.70. The van der Waals surface area contributed by atoms with E-state index in [-0.39, 0.29) is 18.1 Å². The number of aliphatic hydroxyl groups excluding tert-OH is 2. The van der Waals surface area contributed by atoms with Crippen LogP contribution in [0.1, 0.15) is 6.23 Å². The van der Waals surface area contributed by atoms with Crippen molar-refractivity contribution in [3.8, 4) is 6.01 Å². The van der Waals surface area contributed by atoms with Crippen LogP contribution < -0.4 is 10.2 Å². The summed E-state index contributed by atoms with van der Waals surface area (Å²) in [5.74, 6) is 0. The molecule has 0 unspecified atom stereocenters. The zero-order valence-corrected chi connectivity index (χ0v) is 8.28. The molecule has 0 bridgehead atoms. The van der Waals surface area contributed by atoms with Gasteiger partial charge in [-0.3, -0.25) is 9.98 Å². The molecule has 0 aromatic carbocycles. The van der Waals surface area contributed by atoms with Crippen LogP contribution in [0.15, 0.2) is 12.3 Å². The molecular weight excluding hydrogens is 214 g/mol. The Labute approximate surface area is 90.4 Å². The zero-order chi connectivity index (χ0) is 11.3. The average Bonchev–Trinajstić information content (AvgIpc) is 2.75. The Bertz CT molecular complexity index is 474. The molecule has 3 heterocycles. The zero-order valence-electron chi connectivity index (χ0n) is 8.28. The van der Waals surface area contributed by atoms with Gasteiger partial charge in [0.2, 0.25) is 0 Å². The molecular formula is C9H11N3O4. The van der Waals surface area contributed by atoms with E-state index in [9.17, 15) is 5.11 Å². The molecule has 0 radical (unpaired) electrons. The Hall–Kier alpha value is -1.44. The fourth-order valence-corrected chi connectivity index (χ4v) is 2.04. The monoisotopic (exact) mass is 225 g/mol. The van der Waals surface area contributed by atoms with Crippen LogP contribution >= 0.6 is 0 Å². The lowest BCUT2D eigenvalue weighted by Crippen LogP contribution is -2.34. The lowest BCUT2D eigenvalue weighted by Gasteiger charge is -2.14. The summed E-state index contributed by atoms with van der Waals surface area (Å²) in [5, 5.41) is 26.1. The number of hydrogen-bond acceptors (Lipinski definition) is 6. The fraction of sp³-hybridized carbons (Fsp3) is 0.556. The maximum atomic E-state index is 9.80. The van der Waals surface area contributed by atoms with Crippen LogP contribution in [0.4, 0.5) is 0 Å². The SMILES string of the molecule is N=c1ccn2c(n1)O[C@@H]1[C@@H](O)[C@H](CO)O[C@@H]12. The van der Waals surface area contributed by atoms with Crippen LogP contribution in [-0.4, -0.2) is 44.7 Å². The topological polar surface area (TPSA) is 101 Å². The van der Waals surface area contributed by atoms with Crippen molar-refractivity contribution in [3.63, 3.8) is 0 Å². The Morgan fingerprint density at radius 2 is 2.38 bits per heavy atom. The second-order valence-corrected chi connectivity index (χ2v) is 3.82. The quantitative estimate of drug-likeness (QED) is 0.533. The minimum absolute atomic E-state index is 0.0967. The van der Waals surface area contributed by atoms with Crippen LogP contribution in [0.2, 0.25) is 0 Å². The number of nitrogens with zero attached hydrogens (tertiary/aromatic N) is 2. The Morgan fingerprint density at radius 1 is 1.56 bits per heavy atom. The van der Waals surface area contributed by atoms with Crippen molar-refractivity contribution in [2.75, 3.05) is 6.61 Å². The molecule has 16 heavy (non-hydrogen) atoms. The van der Waals surface area contributed by atoms with Gasteiger partial charge in [0, 0.05) is 6.20 Å². The molecule has 1 saturated heterocycles. The van der Waals surface area contributed by atoms with Crippen molar-refractivity contribution < 1.29 is 19.7 Å². The molecule has 1 aromatic rings. The number of hydrogen-bond donors (Lipinski definition) is 3. The van der Waals surface area contributed by atoms with Crippen LogP contribution in [0.25, 0.3) is 0 Å². The maximum Gasteiger partial charge on any atom is 0.301 e. The van der Waals surface area contributed by atoms with Gasteiger partial charge in [0.1, 0.15) is 12.2 Å². The van der Waals surface area contributed by atoms with E-state index in [0.717, 1.165) is 0 Å². The molecule has 3 N–H and O–H groups in total. The van der Waals surface area contributed by atoms with Crippen LogP contribution in [0.5, 0.6) is 6.01 Å². The molecule has 1 aromatic heterocycles. The number of aliphatic hydroxyl groups is 2. The summed E-state index contributed by atoms with van der Waals surface area (Å²) in [4.78, 5) is 3.88. The van der Waals surface area contributed by atoms with E-state index in [4.69, 9.17) is 20.0 Å². The molecule has 1 fully saturated rings. The van der Waals surface area contributed by atoms with Crippen molar-refractivity contribution in [1.82, 2.24) is 9.55 Å². The molecule has 0 aliphatic carbocycles. The molecule has 3 rings (SSSR count). The third-order valence-electron chi connectivity index (χ3n) is 2.84. The largest absolute Gasteiger partial charge is 0.454 e. The van der Waals surface area contributed by atoms with Crippen LogP contribution in [0, 0.1) is 5.41 Å². The molecule has 7 nitrogen and oxygen atoms in total. The van der Waals surface area contributed by atoms with E-state index in [1.165, 1.54) is 6.07 Å². The molecule has 7 heteroatoms. The van der Waals surface area contributed by atoms with Crippen LogP contribution in [0.3, 0.4) is 0 Å². The van der Waals surface area contributed by atoms with Crippen molar-refractivity contribution in [2.24, 2.45) is 0 Å². The van der Waals surface area contributed by atoms with Crippen molar-refractivity contribution in [3.05, 3.63) is 17.8 Å². The second-order valence-electron chi connectivity index (χ2n) is 3.82. The van der Waals surface area contributed by atoms with Crippen molar-refractivity contribution in [2.45, 2.75) is 24.5 Å². The fourth-order valence-electron chi connectivity index (χ4n) is 2.04. The minimum atomic E-state index is -0.883. The number of ether oxygens (including phenoxy) is 2. The van der Waals surface area contributed by atoms with E-state index in [1.54, 1.807) is 10.8 Å². The Kier molecular flexibility index (Phi) is 2.00. The van der Waals surface area contributed by atoms with Gasteiger partial charge in [0.25, 0.3) is 0 Å². The van der Waals surface area contributed by atoms with Gasteiger partial charge in [-0.05, 0) is 6.07 Å². The second kappa shape index (κ2) is 3.27. The summed E-state index contributed by atoms with van der Waals surface area (Å²) in [6.45, 7) is -0.253. The highest BCUT2D eigenvalue weighted by atomic mass is 16.6. The summed E-state index contributed by atoms with van der Waals surface area (Å²) in [6, 6.07) is 1.77. The third-order valence-corrected chi connectivity index (χ3v) is 2.84. The number of aromatic nitrogens is 2. The highest BCUT2D eigenvalue weighted by Crippen LogP contribution is 2.38. The summed E-state index contributed by atoms with van der Waals surface area (Å²) < 4.78 is 12.5. The molecule has 4 atom stereocenters. The number of rotatable bonds is 1. The van der Waals surface area contributed by atoms with Gasteiger partial charge in [-0.15, -0.1) is 0 Å². The first-order valence-corrected chi connectivity index (χ1v) is 4.95. The summed E-state index contributed by atoms with van der Waals surface area (Å²) in [7, 11) is 0. The van der Waals surface area contributed by atoms with E-state index < -0.39 is 24.5 Å². The van der Waals surface area contributed by atoms with E-state index >= 15 is 0 Å². The summed E-state index contributed by atoms with van der Waals surface area (Å²) in [6.07, 6.45) is -0.930. The highest BCUT2D eigenvalue weighted by molar-refractivity contribution is 5.10. The Morgan fingerprint density at radius 3 is 3.12 bits per heavy atom. The van der Waals surface area contributed by atoms with E-state index in [1.807, 2.05) is 0 Å². The predicted molar refractivity (Wildman–Crippen MR) is 49.5 cm³/mol. The molecule has 2 aliphatic heterocycles. The standard InChI is InChI=1S/C9H11N3O4/c10-5-1-2-12-8-7(16-9(12)11-5)6(14)4(3-13)15-8/h1-2,4,6-8,10,13-14H,3H2/t4-,6-,7+,8-/m0/s1. The number of fused-ring (bicyclic) bond motifs is 3. The first kappa shape index (κ1) is 9.76. The van der Waals surface area contributed by atoms with Gasteiger partial charge in [0.15, 0.2) is 17.8 Å². The molecule has 0 saturated carbocycles. The normalized spacial score (nSPS) is 35.6. The summed E-state index contributed by atoms with van der Waals surface area (Å²) >= 11 is 0. The maximum absolute atomic E-state index is 9.80. The van der Waals surface area contributed by atoms with Gasteiger partial charge < -0.3 is 19.7 Å². The smallest absolute Gasteiger partial charge is 0.301 e. The first-order valence-electron chi connectivity index (χ1n) is 4.95. The third kappa shape index (κ3) is 1.19. The van der Waals surface area contributed by atoms with Gasteiger partial charge in [-0.1, -0.05) is 0 Å². The van der Waals surface area contributed by atoms with Gasteiger partial charge in [-0.25, -0.2) is 0 Å². The van der Waals surface area contributed by atoms with E-state index in [0.29, 0.717) is 0 Å². The van der Waals surface area contributed by atoms with Gasteiger partial charge in [-0.2, -0.15) is 4.98 Å². The number of nitrogens with one attached hydrogen (secondary N) is 1. The Balaban J connectivity index is 1.99.